The van der Waals surface area contributed by atoms with E-state index >= 15 is 0 Å². The lowest BCUT2D eigenvalue weighted by atomic mass is 10.00. The van der Waals surface area contributed by atoms with E-state index in [1.807, 2.05) is 52.3 Å². The number of alkyl halides is 6. The van der Waals surface area contributed by atoms with Crippen LogP contribution in [0.5, 0.6) is 0 Å². The van der Waals surface area contributed by atoms with Crippen LogP contribution < -0.4 is 21.2 Å². The highest BCUT2D eigenvalue weighted by atomic mass is 35.5. The fraction of sp³-hybridized carbons (Fsp3) is 0.250. The third-order valence-corrected chi connectivity index (χ3v) is 11.9. The average Bonchev–Trinajstić information content (AvgIpc) is 3.92. The van der Waals surface area contributed by atoms with Crippen LogP contribution in [-0.4, -0.2) is 55.2 Å². The lowest BCUT2D eigenvalue weighted by Gasteiger charge is -2.26. The maximum atomic E-state index is 12.7. The highest BCUT2D eigenvalue weighted by molar-refractivity contribution is 7.12. The molecule has 0 saturated heterocycles. The maximum absolute atomic E-state index is 12.7. The fourth-order valence-corrected chi connectivity index (χ4v) is 8.20. The first-order valence-electron chi connectivity index (χ1n) is 18.1. The Morgan fingerprint density at radius 3 is 1.41 bits per heavy atom. The fourth-order valence-electron chi connectivity index (χ4n) is 6.33. The van der Waals surface area contributed by atoms with Crippen LogP contribution in [0.3, 0.4) is 0 Å². The summed E-state index contributed by atoms with van der Waals surface area (Å²) in [4.78, 5) is 44.4. The molecule has 6 aromatic rings. The molecule has 0 N–H and O–H groups in total. The van der Waals surface area contributed by atoms with Crippen molar-refractivity contribution in [1.29, 1.82) is 0 Å². The van der Waals surface area contributed by atoms with Gasteiger partial charge in [-0.2, -0.15) is 36.3 Å². The molecule has 2 aliphatic rings. The molecule has 0 unspecified atom stereocenters. The van der Waals surface area contributed by atoms with Crippen LogP contribution in [0.25, 0.3) is 11.1 Å². The summed E-state index contributed by atoms with van der Waals surface area (Å²) >= 11 is 7.15. The molecule has 4 aromatic heterocycles. The Morgan fingerprint density at radius 1 is 0.593 bits per heavy atom. The number of nitrogens with zero attached hydrogens (tertiary/aromatic N) is 8. The van der Waals surface area contributed by atoms with Gasteiger partial charge in [0, 0.05) is 41.0 Å². The second kappa shape index (κ2) is 17.7. The second-order valence-electron chi connectivity index (χ2n) is 13.4. The van der Waals surface area contributed by atoms with Gasteiger partial charge in [0.05, 0.1) is 13.1 Å². The third kappa shape index (κ3) is 10.5. The van der Waals surface area contributed by atoms with Gasteiger partial charge in [0.1, 0.15) is 22.4 Å². The number of hydrogen-bond donors (Lipinski definition) is 0. The topological polar surface area (TPSA) is 102 Å². The quantitative estimate of drug-likeness (QED) is 0.140. The number of aromatic nitrogens is 6. The zero-order valence-corrected chi connectivity index (χ0v) is 33.2. The Balaban J connectivity index is 0.000000179. The first-order valence-corrected chi connectivity index (χ1v) is 20.1. The Kier molecular flexibility index (Phi) is 12.5. The minimum Gasteiger partial charge on any atom is -0.337 e. The zero-order chi connectivity index (χ0) is 41.7. The van der Waals surface area contributed by atoms with Gasteiger partial charge in [-0.3, -0.25) is 9.13 Å². The Hall–Kier alpha value is -5.59. The summed E-state index contributed by atoms with van der Waals surface area (Å²) in [5.41, 5.74) is 3.63. The molecule has 0 bridgehead atoms. The number of anilines is 2. The number of rotatable bonds is 8. The normalized spacial score (nSPS) is 14.7. The molecule has 0 atom stereocenters. The van der Waals surface area contributed by atoms with Crippen LogP contribution in [0.15, 0.2) is 113 Å². The minimum absolute atomic E-state index is 0.000474. The van der Waals surface area contributed by atoms with Crippen LogP contribution in [0.2, 0.25) is 5.02 Å². The van der Waals surface area contributed by atoms with Gasteiger partial charge in [-0.25, -0.2) is 19.6 Å². The molecule has 2 aliphatic heterocycles. The highest BCUT2D eigenvalue weighted by Crippen LogP contribution is 2.36. The standard InChI is InChI=1S/C20H16ClF3N4OS.C20H17F3N4OS/c21-15-3-1-13(2-4-15)14-7-9-27(10-8-14)18-25-12-28(19(29)26-18)11-16-5-6-17(30-16)20(22,23)24;21-20(22,23)17-7-6-16(29-17)12-27-13-24-18(25-19(27)28)26-10-8-15(9-11-26)14-4-2-1-3-5-14/h1-7,12H,8-11H2;1-8,13H,9-12H2. The summed E-state index contributed by atoms with van der Waals surface area (Å²) in [6.07, 6.45) is -0.362. The molecule has 0 radical (unpaired) electrons. The van der Waals surface area contributed by atoms with E-state index in [1.165, 1.54) is 50.6 Å². The molecule has 0 aliphatic carbocycles. The van der Waals surface area contributed by atoms with Gasteiger partial charge in [-0.05, 0) is 71.5 Å². The van der Waals surface area contributed by atoms with Crippen molar-refractivity contribution in [2.45, 2.75) is 38.3 Å². The molecule has 6 heterocycles. The van der Waals surface area contributed by atoms with Crippen molar-refractivity contribution in [2.75, 3.05) is 36.0 Å². The van der Waals surface area contributed by atoms with Crippen LogP contribution in [0.4, 0.5) is 38.2 Å². The monoisotopic (exact) mass is 870 g/mol. The largest absolute Gasteiger partial charge is 0.425 e. The Bertz CT molecular complexity index is 2580. The first-order chi connectivity index (χ1) is 28.2. The lowest BCUT2D eigenvalue weighted by Crippen LogP contribution is -2.33. The molecule has 10 nitrogen and oxygen atoms in total. The van der Waals surface area contributed by atoms with Gasteiger partial charge in [0.15, 0.2) is 0 Å². The van der Waals surface area contributed by atoms with E-state index in [1.54, 1.807) is 0 Å². The van der Waals surface area contributed by atoms with E-state index in [2.05, 4.69) is 44.2 Å². The van der Waals surface area contributed by atoms with Crippen molar-refractivity contribution < 1.29 is 26.3 Å². The Labute approximate surface area is 346 Å². The summed E-state index contributed by atoms with van der Waals surface area (Å²) in [7, 11) is 0. The smallest absolute Gasteiger partial charge is 0.337 e. The summed E-state index contributed by atoms with van der Waals surface area (Å²) in [6, 6.07) is 22.5. The maximum Gasteiger partial charge on any atom is 0.425 e. The van der Waals surface area contributed by atoms with Crippen molar-refractivity contribution in [2.24, 2.45) is 0 Å². The van der Waals surface area contributed by atoms with Gasteiger partial charge in [-0.1, -0.05) is 66.2 Å². The summed E-state index contributed by atoms with van der Waals surface area (Å²) in [6.45, 7) is 2.50. The van der Waals surface area contributed by atoms with Gasteiger partial charge in [0.2, 0.25) is 11.9 Å². The van der Waals surface area contributed by atoms with Gasteiger partial charge in [-0.15, -0.1) is 22.7 Å². The van der Waals surface area contributed by atoms with Gasteiger partial charge in [0.25, 0.3) is 0 Å². The van der Waals surface area contributed by atoms with E-state index in [9.17, 15) is 35.9 Å². The van der Waals surface area contributed by atoms with Gasteiger partial charge < -0.3 is 9.80 Å². The summed E-state index contributed by atoms with van der Waals surface area (Å²) in [5.74, 6) is 0.640. The third-order valence-electron chi connectivity index (χ3n) is 9.39. The number of benzene rings is 2. The van der Waals surface area contributed by atoms with Crippen molar-refractivity contribution in [1.82, 2.24) is 29.1 Å². The minimum atomic E-state index is -4.39. The Morgan fingerprint density at radius 2 is 1.03 bits per heavy atom. The highest BCUT2D eigenvalue weighted by Gasteiger charge is 2.33. The molecule has 8 rings (SSSR count). The molecule has 2 aromatic carbocycles. The molecule has 0 spiro atoms. The van der Waals surface area contributed by atoms with E-state index < -0.39 is 33.5 Å². The van der Waals surface area contributed by atoms with Crippen molar-refractivity contribution in [3.05, 3.63) is 160 Å². The molecule has 19 heteroatoms. The first kappa shape index (κ1) is 41.6. The number of hydrogen-bond acceptors (Lipinski definition) is 10. The summed E-state index contributed by atoms with van der Waals surface area (Å²) in [5, 5.41) is 0.683. The van der Waals surface area contributed by atoms with Gasteiger partial charge >= 0.3 is 23.7 Å². The van der Waals surface area contributed by atoms with Crippen molar-refractivity contribution in [3.8, 4) is 0 Å². The molecule has 0 amide bonds. The lowest BCUT2D eigenvalue weighted by molar-refractivity contribution is -0.135. The molecular weight excluding hydrogens is 838 g/mol. The van der Waals surface area contributed by atoms with Crippen LogP contribution in [0.1, 0.15) is 43.5 Å². The van der Waals surface area contributed by atoms with E-state index in [-0.39, 0.29) is 13.1 Å². The molecular formula is C40H33ClF6N8O2S2. The molecule has 306 valence electrons. The SMILES string of the molecule is O=c1nc(N2CC=C(c3ccc(Cl)cc3)CC2)ncn1Cc1ccc(C(F)(F)F)s1.O=c1nc(N2CC=C(c3ccccc3)CC2)ncn1Cc1ccc(C(F)(F)F)s1. The summed E-state index contributed by atoms with van der Waals surface area (Å²) < 4.78 is 78.8. The van der Waals surface area contributed by atoms with E-state index in [0.717, 1.165) is 30.5 Å². The number of thiophene rings is 2. The van der Waals surface area contributed by atoms with Crippen molar-refractivity contribution in [3.63, 3.8) is 0 Å². The van der Waals surface area contributed by atoms with Crippen LogP contribution in [0, 0.1) is 0 Å². The zero-order valence-electron chi connectivity index (χ0n) is 30.8. The predicted octanol–water partition coefficient (Wildman–Crippen LogP) is 8.77. The van der Waals surface area contributed by atoms with Crippen LogP contribution in [-0.2, 0) is 25.4 Å². The molecule has 59 heavy (non-hydrogen) atoms. The second-order valence-corrected chi connectivity index (χ2v) is 16.2. The van der Waals surface area contributed by atoms with Crippen molar-refractivity contribution >= 4 is 57.3 Å². The van der Waals surface area contributed by atoms with E-state index in [0.29, 0.717) is 75.5 Å². The average molecular weight is 871 g/mol. The predicted molar refractivity (Wildman–Crippen MR) is 217 cm³/mol. The van der Waals surface area contributed by atoms with Crippen LogP contribution >= 0.6 is 34.3 Å². The number of halogens is 7. The molecule has 0 saturated carbocycles. The van der Waals surface area contributed by atoms with E-state index in [4.69, 9.17) is 11.6 Å². The molecule has 0 fully saturated rings.